The Morgan fingerprint density at radius 3 is 2.56 bits per heavy atom. The van der Waals surface area contributed by atoms with Crippen LogP contribution in [0.5, 0.6) is 5.75 Å². The van der Waals surface area contributed by atoms with E-state index in [0.717, 1.165) is 11.1 Å². The predicted octanol–water partition coefficient (Wildman–Crippen LogP) is 2.62. The third-order valence-corrected chi connectivity index (χ3v) is 2.61. The summed E-state index contributed by atoms with van der Waals surface area (Å²) in [5.41, 5.74) is 8.48. The molecule has 0 spiro atoms. The molecular weight excluding hydrogens is 202 g/mol. The molecule has 0 fully saturated rings. The highest BCUT2D eigenvalue weighted by Gasteiger charge is 2.15. The molecule has 2 N–H and O–H groups in total. The van der Waals surface area contributed by atoms with Crippen LogP contribution in [0.15, 0.2) is 12.1 Å². The van der Waals surface area contributed by atoms with Gasteiger partial charge in [0, 0.05) is 6.04 Å². The summed E-state index contributed by atoms with van der Waals surface area (Å²) in [4.78, 5) is 11.5. The number of ether oxygens (including phenoxy) is 1. The van der Waals surface area contributed by atoms with Crippen molar-refractivity contribution in [1.29, 1.82) is 0 Å². The normalized spacial score (nSPS) is 12.3. The molecule has 0 radical (unpaired) electrons. The lowest BCUT2D eigenvalue weighted by Gasteiger charge is -2.17. The second kappa shape index (κ2) is 5.12. The van der Waals surface area contributed by atoms with Crippen molar-refractivity contribution in [2.75, 3.05) is 6.61 Å². The van der Waals surface area contributed by atoms with E-state index in [1.54, 1.807) is 13.0 Å². The van der Waals surface area contributed by atoms with Crippen molar-refractivity contribution in [2.24, 2.45) is 5.73 Å². The van der Waals surface area contributed by atoms with Gasteiger partial charge < -0.3 is 10.5 Å². The molecule has 1 aromatic carbocycles. The molecular formula is C13H19NO2. The highest BCUT2D eigenvalue weighted by atomic mass is 16.5. The Balaban J connectivity index is 3.35. The van der Waals surface area contributed by atoms with Gasteiger partial charge in [-0.1, -0.05) is 6.07 Å². The van der Waals surface area contributed by atoms with Crippen LogP contribution in [0.25, 0.3) is 0 Å². The second-order valence-electron chi connectivity index (χ2n) is 3.93. The van der Waals surface area contributed by atoms with E-state index in [1.807, 2.05) is 26.8 Å². The van der Waals surface area contributed by atoms with E-state index in [4.69, 9.17) is 10.5 Å². The summed E-state index contributed by atoms with van der Waals surface area (Å²) in [5.74, 6) is 0.688. The van der Waals surface area contributed by atoms with Crippen LogP contribution < -0.4 is 10.5 Å². The van der Waals surface area contributed by atoms with Gasteiger partial charge in [0.15, 0.2) is 5.78 Å². The molecule has 0 aliphatic carbocycles. The minimum absolute atomic E-state index is 0.0165. The summed E-state index contributed by atoms with van der Waals surface area (Å²) in [6.07, 6.45) is 0. The quantitative estimate of drug-likeness (QED) is 0.795. The number of nitrogens with two attached hydrogens (primary N) is 1. The van der Waals surface area contributed by atoms with Crippen molar-refractivity contribution in [2.45, 2.75) is 33.7 Å². The average Bonchev–Trinajstić information content (AvgIpc) is 2.20. The molecule has 1 aromatic rings. The maximum atomic E-state index is 11.5. The molecule has 16 heavy (non-hydrogen) atoms. The van der Waals surface area contributed by atoms with Gasteiger partial charge in [0.2, 0.25) is 0 Å². The molecule has 0 aliphatic rings. The highest BCUT2D eigenvalue weighted by Crippen LogP contribution is 2.29. The lowest BCUT2D eigenvalue weighted by atomic mass is 9.97. The first-order chi connectivity index (χ1) is 7.49. The summed E-state index contributed by atoms with van der Waals surface area (Å²) in [6, 6.07) is 3.64. The Kier molecular flexibility index (Phi) is 4.07. The molecule has 0 amide bonds. The Bertz CT molecular complexity index is 397. The fourth-order valence-electron chi connectivity index (χ4n) is 1.81. The van der Waals surface area contributed by atoms with E-state index >= 15 is 0 Å². The number of benzene rings is 1. The molecule has 0 bridgehead atoms. The molecule has 3 nitrogen and oxygen atoms in total. The standard InChI is InChI=1S/C13H19NO2/c1-5-16-13-8(2)11(9(3)14)6-7-12(13)10(4)15/h6-7,9H,5,14H2,1-4H3/t9-/m1/s1. The van der Waals surface area contributed by atoms with Gasteiger partial charge in [-0.15, -0.1) is 0 Å². The van der Waals surface area contributed by atoms with Gasteiger partial charge in [-0.2, -0.15) is 0 Å². The van der Waals surface area contributed by atoms with Crippen LogP contribution >= 0.6 is 0 Å². The van der Waals surface area contributed by atoms with Crippen molar-refractivity contribution in [1.82, 2.24) is 0 Å². The van der Waals surface area contributed by atoms with Crippen molar-refractivity contribution in [3.63, 3.8) is 0 Å². The Morgan fingerprint density at radius 1 is 1.50 bits per heavy atom. The average molecular weight is 221 g/mol. The predicted molar refractivity (Wildman–Crippen MR) is 65.0 cm³/mol. The van der Waals surface area contributed by atoms with E-state index in [0.29, 0.717) is 17.9 Å². The lowest BCUT2D eigenvalue weighted by Crippen LogP contribution is -2.10. The van der Waals surface area contributed by atoms with Crippen LogP contribution in [0.3, 0.4) is 0 Å². The molecule has 0 aromatic heterocycles. The fraction of sp³-hybridized carbons (Fsp3) is 0.462. The van der Waals surface area contributed by atoms with Crippen LogP contribution in [0, 0.1) is 6.92 Å². The third kappa shape index (κ3) is 2.42. The van der Waals surface area contributed by atoms with Crippen LogP contribution in [0.1, 0.15) is 48.3 Å². The van der Waals surface area contributed by atoms with E-state index in [2.05, 4.69) is 0 Å². The number of rotatable bonds is 4. The van der Waals surface area contributed by atoms with E-state index in [1.165, 1.54) is 0 Å². The zero-order valence-electron chi connectivity index (χ0n) is 10.3. The van der Waals surface area contributed by atoms with Gasteiger partial charge in [0.05, 0.1) is 12.2 Å². The lowest BCUT2D eigenvalue weighted by molar-refractivity contribution is 0.101. The number of Topliss-reactive ketones (excluding diaryl/α,β-unsaturated/α-hetero) is 1. The summed E-state index contributed by atoms with van der Waals surface area (Å²) < 4.78 is 5.54. The SMILES string of the molecule is CCOc1c(C(C)=O)ccc([C@@H](C)N)c1C. The first-order valence-electron chi connectivity index (χ1n) is 5.51. The number of carbonyl (C=O) groups excluding carboxylic acids is 1. The third-order valence-electron chi connectivity index (χ3n) is 2.61. The minimum Gasteiger partial charge on any atom is -0.493 e. The molecule has 0 heterocycles. The van der Waals surface area contributed by atoms with Gasteiger partial charge in [-0.3, -0.25) is 4.79 Å². The fourth-order valence-corrected chi connectivity index (χ4v) is 1.81. The van der Waals surface area contributed by atoms with Crippen molar-refractivity contribution < 1.29 is 9.53 Å². The van der Waals surface area contributed by atoms with Crippen LogP contribution in [-0.4, -0.2) is 12.4 Å². The Hall–Kier alpha value is -1.35. The van der Waals surface area contributed by atoms with E-state index in [9.17, 15) is 4.79 Å². The summed E-state index contributed by atoms with van der Waals surface area (Å²) >= 11 is 0. The monoisotopic (exact) mass is 221 g/mol. The molecule has 0 saturated carbocycles. The molecule has 1 atom stereocenters. The van der Waals surface area contributed by atoms with Gasteiger partial charge in [-0.05, 0) is 44.9 Å². The summed E-state index contributed by atoms with van der Waals surface area (Å²) in [7, 11) is 0. The van der Waals surface area contributed by atoms with Gasteiger partial charge in [0.25, 0.3) is 0 Å². The number of ketones is 1. The number of hydrogen-bond acceptors (Lipinski definition) is 3. The highest BCUT2D eigenvalue weighted by molar-refractivity contribution is 5.97. The van der Waals surface area contributed by atoms with Crippen LogP contribution in [-0.2, 0) is 0 Å². The molecule has 3 heteroatoms. The summed E-state index contributed by atoms with van der Waals surface area (Å²) in [6.45, 7) is 7.86. The van der Waals surface area contributed by atoms with Crippen molar-refractivity contribution in [3.8, 4) is 5.75 Å². The molecule has 0 aliphatic heterocycles. The van der Waals surface area contributed by atoms with Crippen molar-refractivity contribution in [3.05, 3.63) is 28.8 Å². The molecule has 1 rings (SSSR count). The maximum Gasteiger partial charge on any atom is 0.163 e. The maximum absolute atomic E-state index is 11.5. The molecule has 0 saturated heterocycles. The zero-order chi connectivity index (χ0) is 12.3. The molecule has 88 valence electrons. The topological polar surface area (TPSA) is 52.3 Å². The smallest absolute Gasteiger partial charge is 0.163 e. The number of carbonyl (C=O) groups is 1. The Morgan fingerprint density at radius 2 is 2.12 bits per heavy atom. The van der Waals surface area contributed by atoms with Gasteiger partial charge in [-0.25, -0.2) is 0 Å². The Labute approximate surface area is 96.6 Å². The van der Waals surface area contributed by atoms with Crippen LogP contribution in [0.4, 0.5) is 0 Å². The second-order valence-corrected chi connectivity index (χ2v) is 3.93. The van der Waals surface area contributed by atoms with Gasteiger partial charge in [0.1, 0.15) is 5.75 Å². The van der Waals surface area contributed by atoms with E-state index < -0.39 is 0 Å². The summed E-state index contributed by atoms with van der Waals surface area (Å²) in [5, 5.41) is 0. The van der Waals surface area contributed by atoms with Gasteiger partial charge >= 0.3 is 0 Å². The first-order valence-corrected chi connectivity index (χ1v) is 5.51. The van der Waals surface area contributed by atoms with Crippen LogP contribution in [0.2, 0.25) is 0 Å². The zero-order valence-corrected chi connectivity index (χ0v) is 10.3. The molecule has 0 unspecified atom stereocenters. The number of hydrogen-bond donors (Lipinski definition) is 1. The minimum atomic E-state index is -0.0554. The van der Waals surface area contributed by atoms with E-state index in [-0.39, 0.29) is 11.8 Å². The van der Waals surface area contributed by atoms with Crippen molar-refractivity contribution >= 4 is 5.78 Å². The largest absolute Gasteiger partial charge is 0.493 e. The first kappa shape index (κ1) is 12.7.